The standard InChI is InChI=1S/C60H37N3OS2/c1-60(2)47-19-6-3-12-39(47)42-16-9-15-38(56(42)60)35-26-24-34(25-27-35)36-29-31-48-46(32-36)54-44(17-10-20-49(54)64-48)58-61-57(37-28-30-41-40-13-4-7-21-50(40)66-53(41)33-37)62-59(63-58)45-18-11-23-52-55(45)43-14-5-8-22-51(43)65-52/h3-33H,1-2H3. The molecule has 4 heterocycles. The summed E-state index contributed by atoms with van der Waals surface area (Å²) in [5.74, 6) is 1.88. The highest BCUT2D eigenvalue weighted by Crippen LogP contribution is 2.52. The Bertz CT molecular complexity index is 4150. The number of thiophene rings is 2. The summed E-state index contributed by atoms with van der Waals surface area (Å²) < 4.78 is 11.5. The van der Waals surface area contributed by atoms with Crippen LogP contribution in [0.1, 0.15) is 25.0 Å². The molecule has 0 saturated heterocycles. The largest absolute Gasteiger partial charge is 0.456 e. The van der Waals surface area contributed by atoms with Gasteiger partial charge in [0, 0.05) is 73.2 Å². The molecule has 13 aromatic rings. The SMILES string of the molecule is CC1(C)c2ccccc2-c2cccc(-c3ccc(-c4ccc5oc6cccc(-c7nc(-c8ccc9c(c8)sc8ccccc89)nc(-c8cccc9sc%10ccccc%10c89)n7)c6c5c4)cc3)c21. The first-order chi connectivity index (χ1) is 32.4. The lowest BCUT2D eigenvalue weighted by Gasteiger charge is -2.24. The molecule has 0 spiro atoms. The molecule has 0 fully saturated rings. The second kappa shape index (κ2) is 14.1. The smallest absolute Gasteiger partial charge is 0.164 e. The monoisotopic (exact) mass is 879 g/mol. The van der Waals surface area contributed by atoms with Gasteiger partial charge in [0.15, 0.2) is 17.5 Å². The van der Waals surface area contributed by atoms with Crippen molar-refractivity contribution in [3.8, 4) is 67.5 Å². The Morgan fingerprint density at radius 3 is 1.79 bits per heavy atom. The molecule has 0 amide bonds. The van der Waals surface area contributed by atoms with Crippen LogP contribution < -0.4 is 0 Å². The number of fused-ring (bicyclic) bond motifs is 12. The van der Waals surface area contributed by atoms with Gasteiger partial charge in [-0.25, -0.2) is 15.0 Å². The van der Waals surface area contributed by atoms with Crippen molar-refractivity contribution in [3.05, 3.63) is 199 Å². The van der Waals surface area contributed by atoms with E-state index in [-0.39, 0.29) is 5.41 Å². The molecule has 0 N–H and O–H groups in total. The Labute approximate surface area is 388 Å². The first-order valence-corrected chi connectivity index (χ1v) is 24.0. The van der Waals surface area contributed by atoms with Gasteiger partial charge in [-0.1, -0.05) is 159 Å². The predicted molar refractivity (Wildman–Crippen MR) is 278 cm³/mol. The van der Waals surface area contributed by atoms with Gasteiger partial charge >= 0.3 is 0 Å². The van der Waals surface area contributed by atoms with Gasteiger partial charge in [0.1, 0.15) is 11.2 Å². The van der Waals surface area contributed by atoms with Crippen LogP contribution in [0.25, 0.3) is 130 Å². The maximum atomic E-state index is 6.60. The van der Waals surface area contributed by atoms with Crippen LogP contribution in [0.2, 0.25) is 0 Å². The Morgan fingerprint density at radius 2 is 0.939 bits per heavy atom. The van der Waals surface area contributed by atoms with E-state index in [1.165, 1.54) is 68.3 Å². The van der Waals surface area contributed by atoms with E-state index < -0.39 is 0 Å². The number of rotatable bonds is 5. The van der Waals surface area contributed by atoms with Crippen molar-refractivity contribution >= 4 is 85.0 Å². The van der Waals surface area contributed by atoms with Crippen LogP contribution in [0, 0.1) is 0 Å². The Balaban J connectivity index is 0.922. The molecule has 1 aliphatic carbocycles. The topological polar surface area (TPSA) is 51.8 Å². The Morgan fingerprint density at radius 1 is 0.364 bits per heavy atom. The molecule has 6 heteroatoms. The minimum Gasteiger partial charge on any atom is -0.456 e. The van der Waals surface area contributed by atoms with Crippen molar-refractivity contribution in [2.75, 3.05) is 0 Å². The normalized spacial score (nSPS) is 13.1. The number of hydrogen-bond acceptors (Lipinski definition) is 6. The average molecular weight is 880 g/mol. The number of hydrogen-bond donors (Lipinski definition) is 0. The first kappa shape index (κ1) is 37.6. The molecule has 4 aromatic heterocycles. The summed E-state index contributed by atoms with van der Waals surface area (Å²) in [7, 11) is 0. The van der Waals surface area contributed by atoms with Gasteiger partial charge in [0.05, 0.1) is 0 Å². The number of aromatic nitrogens is 3. The van der Waals surface area contributed by atoms with E-state index in [1.54, 1.807) is 22.7 Å². The zero-order valence-electron chi connectivity index (χ0n) is 36.0. The zero-order valence-corrected chi connectivity index (χ0v) is 37.6. The highest BCUT2D eigenvalue weighted by molar-refractivity contribution is 7.26. The molecule has 4 nitrogen and oxygen atoms in total. The molecule has 9 aromatic carbocycles. The van der Waals surface area contributed by atoms with Crippen molar-refractivity contribution in [2.24, 2.45) is 0 Å². The lowest BCUT2D eigenvalue weighted by Crippen LogP contribution is -2.16. The average Bonchev–Trinajstić information content (AvgIpc) is 4.11. The fourth-order valence-electron chi connectivity index (χ4n) is 10.7. The van der Waals surface area contributed by atoms with Crippen molar-refractivity contribution < 1.29 is 4.42 Å². The third kappa shape index (κ3) is 5.59. The van der Waals surface area contributed by atoms with Crippen LogP contribution in [-0.2, 0) is 5.41 Å². The maximum absolute atomic E-state index is 6.60. The highest BCUT2D eigenvalue weighted by Gasteiger charge is 2.37. The Hall–Kier alpha value is -7.77. The van der Waals surface area contributed by atoms with Gasteiger partial charge < -0.3 is 4.42 Å². The third-order valence-corrected chi connectivity index (χ3v) is 16.0. The Kier molecular flexibility index (Phi) is 8.04. The van der Waals surface area contributed by atoms with Crippen molar-refractivity contribution in [1.82, 2.24) is 15.0 Å². The van der Waals surface area contributed by atoms with Gasteiger partial charge in [-0.05, 0) is 87.0 Å². The predicted octanol–water partition coefficient (Wildman–Crippen LogP) is 17.1. The summed E-state index contributed by atoms with van der Waals surface area (Å²) in [5, 5.41) is 6.87. The van der Waals surface area contributed by atoms with E-state index in [2.05, 4.69) is 190 Å². The van der Waals surface area contributed by atoms with Crippen LogP contribution in [0.15, 0.2) is 192 Å². The van der Waals surface area contributed by atoms with Gasteiger partial charge in [0.25, 0.3) is 0 Å². The molecule has 0 bridgehead atoms. The molecule has 1 aliphatic rings. The fraction of sp³-hybridized carbons (Fsp3) is 0.0500. The first-order valence-electron chi connectivity index (χ1n) is 22.3. The van der Waals surface area contributed by atoms with E-state index in [4.69, 9.17) is 19.4 Å². The second-order valence-electron chi connectivity index (χ2n) is 17.9. The summed E-state index contributed by atoms with van der Waals surface area (Å²) >= 11 is 3.60. The van der Waals surface area contributed by atoms with Crippen LogP contribution >= 0.6 is 22.7 Å². The van der Waals surface area contributed by atoms with Crippen LogP contribution in [0.3, 0.4) is 0 Å². The molecular formula is C60H37N3OS2. The van der Waals surface area contributed by atoms with Crippen molar-refractivity contribution in [2.45, 2.75) is 19.3 Å². The zero-order chi connectivity index (χ0) is 43.7. The van der Waals surface area contributed by atoms with E-state index in [1.807, 2.05) is 12.1 Å². The minimum absolute atomic E-state index is 0.0925. The van der Waals surface area contributed by atoms with Gasteiger partial charge in [-0.2, -0.15) is 0 Å². The van der Waals surface area contributed by atoms with Crippen LogP contribution in [-0.4, -0.2) is 15.0 Å². The van der Waals surface area contributed by atoms with Crippen molar-refractivity contribution in [1.29, 1.82) is 0 Å². The van der Waals surface area contributed by atoms with Crippen LogP contribution in [0.5, 0.6) is 0 Å². The minimum atomic E-state index is -0.0925. The van der Waals surface area contributed by atoms with E-state index in [0.29, 0.717) is 17.5 Å². The molecule has 0 atom stereocenters. The molecule has 66 heavy (non-hydrogen) atoms. The molecule has 0 unspecified atom stereocenters. The molecule has 14 rings (SSSR count). The summed E-state index contributed by atoms with van der Waals surface area (Å²) in [6.45, 7) is 4.70. The number of furan rings is 1. The van der Waals surface area contributed by atoms with Gasteiger partial charge in [0.2, 0.25) is 0 Å². The lowest BCUT2D eigenvalue weighted by atomic mass is 9.79. The molecule has 0 aliphatic heterocycles. The number of nitrogens with zero attached hydrogens (tertiary/aromatic N) is 3. The molecular weight excluding hydrogens is 843 g/mol. The van der Waals surface area contributed by atoms with Crippen molar-refractivity contribution in [3.63, 3.8) is 0 Å². The summed E-state index contributed by atoms with van der Waals surface area (Å²) in [6, 6.07) is 67.6. The molecule has 0 saturated carbocycles. The third-order valence-electron chi connectivity index (χ3n) is 13.8. The summed E-state index contributed by atoms with van der Waals surface area (Å²) in [4.78, 5) is 16.0. The fourth-order valence-corrected chi connectivity index (χ4v) is 13.0. The quantitative estimate of drug-likeness (QED) is 0.173. The molecule has 310 valence electrons. The summed E-state index contributed by atoms with van der Waals surface area (Å²) in [6.07, 6.45) is 0. The highest BCUT2D eigenvalue weighted by atomic mass is 32.1. The number of benzene rings is 9. The van der Waals surface area contributed by atoms with Crippen LogP contribution in [0.4, 0.5) is 0 Å². The van der Waals surface area contributed by atoms with E-state index >= 15 is 0 Å². The maximum Gasteiger partial charge on any atom is 0.164 e. The second-order valence-corrected chi connectivity index (χ2v) is 20.0. The lowest BCUT2D eigenvalue weighted by molar-refractivity contribution is 0.662. The van der Waals surface area contributed by atoms with E-state index in [9.17, 15) is 0 Å². The van der Waals surface area contributed by atoms with Gasteiger partial charge in [-0.3, -0.25) is 0 Å². The van der Waals surface area contributed by atoms with Gasteiger partial charge in [-0.15, -0.1) is 22.7 Å². The van der Waals surface area contributed by atoms with E-state index in [0.717, 1.165) is 55.1 Å². The molecule has 0 radical (unpaired) electrons. The summed E-state index contributed by atoms with van der Waals surface area (Å²) in [5.41, 5.74) is 14.5.